The molecule has 0 fully saturated rings. The standard InChI is InChI=1S/C17H23NO3/c1-5-7-8-13(6-2)17(20)14-10-15(18-21)12(4)16(19)9-11(14)3/h9-10,13,19H,4-8H2,1-3H3. The highest BCUT2D eigenvalue weighted by atomic mass is 16.3. The maximum absolute atomic E-state index is 12.7. The maximum atomic E-state index is 12.7. The number of hydrogen-bond acceptors (Lipinski definition) is 4. The third-order valence-corrected chi connectivity index (χ3v) is 3.81. The van der Waals surface area contributed by atoms with E-state index >= 15 is 0 Å². The van der Waals surface area contributed by atoms with E-state index in [1.54, 1.807) is 6.92 Å². The van der Waals surface area contributed by atoms with Gasteiger partial charge in [-0.25, -0.2) is 0 Å². The number of ketones is 1. The van der Waals surface area contributed by atoms with E-state index in [9.17, 15) is 14.8 Å². The summed E-state index contributed by atoms with van der Waals surface area (Å²) in [5, 5.41) is 12.7. The Labute approximate surface area is 125 Å². The van der Waals surface area contributed by atoms with Crippen LogP contribution in [0, 0.1) is 10.8 Å². The molecule has 0 bridgehead atoms. The van der Waals surface area contributed by atoms with Gasteiger partial charge in [-0.15, -0.1) is 4.91 Å². The van der Waals surface area contributed by atoms with Gasteiger partial charge in [-0.05, 0) is 42.7 Å². The fourth-order valence-corrected chi connectivity index (χ4v) is 2.38. The number of nitroso groups, excluding NO2 is 1. The Bertz CT molecular complexity index is 538. The highest BCUT2D eigenvalue weighted by Crippen LogP contribution is 2.29. The Balaban J connectivity index is 3.21. The van der Waals surface area contributed by atoms with E-state index in [2.05, 4.69) is 18.7 Å². The fraction of sp³-hybridized carbons (Fsp3) is 0.471. The summed E-state index contributed by atoms with van der Waals surface area (Å²) in [6.07, 6.45) is 6.53. The molecule has 1 rings (SSSR count). The van der Waals surface area contributed by atoms with Gasteiger partial charge in [0.05, 0.1) is 0 Å². The SMILES string of the molecule is C=C1C(O)=CC(C)=C(C(=O)C(CC)CCCC)C=C1N=O. The van der Waals surface area contributed by atoms with E-state index in [1.807, 2.05) is 6.92 Å². The van der Waals surface area contributed by atoms with Gasteiger partial charge in [0.1, 0.15) is 11.5 Å². The first-order chi connectivity index (χ1) is 9.96. The zero-order valence-corrected chi connectivity index (χ0v) is 13.0. The number of carbonyl (C=O) groups is 1. The summed E-state index contributed by atoms with van der Waals surface area (Å²) in [5.74, 6) is -0.188. The van der Waals surface area contributed by atoms with Crippen LogP contribution in [0.25, 0.3) is 0 Å². The largest absolute Gasteiger partial charge is 0.507 e. The van der Waals surface area contributed by atoms with Gasteiger partial charge in [0.25, 0.3) is 0 Å². The Hall–Kier alpha value is -1.97. The van der Waals surface area contributed by atoms with E-state index < -0.39 is 0 Å². The number of aliphatic hydroxyl groups excluding tert-OH is 1. The predicted molar refractivity (Wildman–Crippen MR) is 84.7 cm³/mol. The van der Waals surface area contributed by atoms with Crippen molar-refractivity contribution in [2.45, 2.75) is 46.5 Å². The van der Waals surface area contributed by atoms with Crippen molar-refractivity contribution in [1.82, 2.24) is 0 Å². The average molecular weight is 289 g/mol. The molecule has 4 nitrogen and oxygen atoms in total. The number of nitrogens with zero attached hydrogens (tertiary/aromatic N) is 1. The molecule has 0 radical (unpaired) electrons. The van der Waals surface area contributed by atoms with Gasteiger partial charge >= 0.3 is 0 Å². The number of aliphatic hydroxyl groups is 1. The second-order valence-electron chi connectivity index (χ2n) is 5.34. The zero-order chi connectivity index (χ0) is 16.0. The summed E-state index contributed by atoms with van der Waals surface area (Å²) in [6, 6.07) is 0. The molecule has 114 valence electrons. The summed E-state index contributed by atoms with van der Waals surface area (Å²) < 4.78 is 0. The van der Waals surface area contributed by atoms with Crippen LogP contribution in [0.5, 0.6) is 0 Å². The van der Waals surface area contributed by atoms with Crippen LogP contribution < -0.4 is 0 Å². The smallest absolute Gasteiger partial charge is 0.166 e. The van der Waals surface area contributed by atoms with Gasteiger partial charge in [-0.1, -0.05) is 33.3 Å². The minimum Gasteiger partial charge on any atom is -0.507 e. The number of carbonyl (C=O) groups excluding carboxylic acids is 1. The van der Waals surface area contributed by atoms with Gasteiger partial charge in [0.2, 0.25) is 0 Å². The van der Waals surface area contributed by atoms with Crippen molar-refractivity contribution in [3.63, 3.8) is 0 Å². The van der Waals surface area contributed by atoms with Crippen LogP contribution in [-0.4, -0.2) is 10.9 Å². The normalized spacial score (nSPS) is 17.0. The molecular formula is C17H23NO3. The third kappa shape index (κ3) is 4.00. The summed E-state index contributed by atoms with van der Waals surface area (Å²) >= 11 is 0. The molecular weight excluding hydrogens is 266 g/mol. The lowest BCUT2D eigenvalue weighted by Crippen LogP contribution is -2.16. The van der Waals surface area contributed by atoms with Crippen LogP contribution in [-0.2, 0) is 4.79 Å². The minimum absolute atomic E-state index is 0.00310. The van der Waals surface area contributed by atoms with Gasteiger partial charge in [-0.2, -0.15) is 0 Å². The molecule has 0 aromatic rings. The second kappa shape index (κ2) is 7.72. The average Bonchev–Trinajstić information content (AvgIpc) is 2.57. The molecule has 0 saturated carbocycles. The Morgan fingerprint density at radius 1 is 1.38 bits per heavy atom. The number of hydrogen-bond donors (Lipinski definition) is 1. The van der Waals surface area contributed by atoms with Crippen LogP contribution in [0.2, 0.25) is 0 Å². The van der Waals surface area contributed by atoms with Crippen molar-refractivity contribution < 1.29 is 9.90 Å². The molecule has 1 N–H and O–H groups in total. The van der Waals surface area contributed by atoms with E-state index in [4.69, 9.17) is 0 Å². The number of Topliss-reactive ketones (excluding diaryl/α,β-unsaturated/α-hetero) is 1. The predicted octanol–water partition coefficient (Wildman–Crippen LogP) is 4.75. The highest BCUT2D eigenvalue weighted by molar-refractivity contribution is 6.01. The quantitative estimate of drug-likeness (QED) is 0.688. The molecule has 21 heavy (non-hydrogen) atoms. The topological polar surface area (TPSA) is 66.7 Å². The number of allylic oxidation sites excluding steroid dienone is 4. The number of rotatable bonds is 7. The molecule has 1 unspecified atom stereocenters. The lowest BCUT2D eigenvalue weighted by Gasteiger charge is -2.15. The summed E-state index contributed by atoms with van der Waals surface area (Å²) in [6.45, 7) is 9.45. The zero-order valence-electron chi connectivity index (χ0n) is 13.0. The van der Waals surface area contributed by atoms with E-state index in [1.165, 1.54) is 12.2 Å². The molecule has 1 aliphatic carbocycles. The molecule has 0 heterocycles. The molecule has 0 amide bonds. The van der Waals surface area contributed by atoms with Gasteiger partial charge in [-0.3, -0.25) is 4.79 Å². The molecule has 0 saturated heterocycles. The first-order valence-electron chi connectivity index (χ1n) is 7.36. The first kappa shape index (κ1) is 17.1. The van der Waals surface area contributed by atoms with Gasteiger partial charge in [0, 0.05) is 17.1 Å². The van der Waals surface area contributed by atoms with Crippen molar-refractivity contribution in [2.75, 3.05) is 0 Å². The van der Waals surface area contributed by atoms with Crippen LogP contribution in [0.4, 0.5) is 0 Å². The van der Waals surface area contributed by atoms with Crippen LogP contribution in [0.1, 0.15) is 46.5 Å². The maximum Gasteiger partial charge on any atom is 0.166 e. The van der Waals surface area contributed by atoms with Gasteiger partial charge < -0.3 is 5.11 Å². The van der Waals surface area contributed by atoms with Gasteiger partial charge in [0.15, 0.2) is 5.78 Å². The summed E-state index contributed by atoms with van der Waals surface area (Å²) in [5.41, 5.74) is 1.23. The molecule has 1 atom stereocenters. The molecule has 1 aliphatic rings. The molecule has 0 spiro atoms. The van der Waals surface area contributed by atoms with Crippen molar-refractivity contribution in [2.24, 2.45) is 11.1 Å². The van der Waals surface area contributed by atoms with Crippen molar-refractivity contribution in [1.29, 1.82) is 0 Å². The lowest BCUT2D eigenvalue weighted by atomic mass is 9.88. The Morgan fingerprint density at radius 3 is 2.57 bits per heavy atom. The second-order valence-corrected chi connectivity index (χ2v) is 5.34. The molecule has 0 aliphatic heterocycles. The molecule has 0 aromatic carbocycles. The first-order valence-corrected chi connectivity index (χ1v) is 7.36. The summed E-state index contributed by atoms with van der Waals surface area (Å²) in [4.78, 5) is 23.6. The van der Waals surface area contributed by atoms with Crippen LogP contribution in [0.15, 0.2) is 52.1 Å². The van der Waals surface area contributed by atoms with Crippen LogP contribution in [0.3, 0.4) is 0 Å². The van der Waals surface area contributed by atoms with Crippen molar-refractivity contribution in [3.05, 3.63) is 51.8 Å². The van der Waals surface area contributed by atoms with Crippen molar-refractivity contribution in [3.8, 4) is 0 Å². The molecule has 4 heteroatoms. The highest BCUT2D eigenvalue weighted by Gasteiger charge is 2.23. The van der Waals surface area contributed by atoms with Crippen LogP contribution >= 0.6 is 0 Å². The van der Waals surface area contributed by atoms with Crippen molar-refractivity contribution >= 4 is 5.78 Å². The Kier molecular flexibility index (Phi) is 6.28. The van der Waals surface area contributed by atoms with E-state index in [0.29, 0.717) is 11.1 Å². The third-order valence-electron chi connectivity index (χ3n) is 3.81. The number of unbranched alkanes of at least 4 members (excludes halogenated alkanes) is 1. The molecule has 0 aromatic heterocycles. The minimum atomic E-state index is -0.122. The Morgan fingerprint density at radius 2 is 2.05 bits per heavy atom. The summed E-state index contributed by atoms with van der Waals surface area (Å²) in [7, 11) is 0. The van der Waals surface area contributed by atoms with E-state index in [-0.39, 0.29) is 28.7 Å². The fourth-order valence-electron chi connectivity index (χ4n) is 2.38. The van der Waals surface area contributed by atoms with E-state index in [0.717, 1.165) is 25.7 Å². The lowest BCUT2D eigenvalue weighted by molar-refractivity contribution is -0.119. The monoisotopic (exact) mass is 289 g/mol.